The van der Waals surface area contributed by atoms with Gasteiger partial charge in [0.2, 0.25) is 5.82 Å². The van der Waals surface area contributed by atoms with Crippen molar-refractivity contribution in [2.45, 2.75) is 56.0 Å². The molecule has 2 fully saturated rings. The van der Waals surface area contributed by atoms with E-state index in [9.17, 15) is 14.3 Å². The van der Waals surface area contributed by atoms with Crippen molar-refractivity contribution in [3.63, 3.8) is 0 Å². The molecule has 1 N–H and O–H groups in total. The standard InChI is InChI=1S/C20H20FN5O4/c1-19(5-2-8-29-19)26-13-9-11(21)3-4-12(13)25-10-22-14(15(25)17(26)27)16-23-18(24-30-16)20(28)6-7-20/h3-4,9-10,14-15,28H,2,5-8H2,1H3. The average Bonchev–Trinajstić information content (AvgIpc) is 3.15. The summed E-state index contributed by atoms with van der Waals surface area (Å²) in [5.74, 6) is -0.311. The topological polar surface area (TPSA) is 104 Å². The molecule has 6 rings (SSSR count). The van der Waals surface area contributed by atoms with E-state index in [0.29, 0.717) is 37.2 Å². The van der Waals surface area contributed by atoms with Crippen LogP contribution in [0.2, 0.25) is 0 Å². The largest absolute Gasteiger partial charge is 0.382 e. The van der Waals surface area contributed by atoms with Crippen molar-refractivity contribution >= 4 is 23.6 Å². The van der Waals surface area contributed by atoms with Crippen LogP contribution in [0.4, 0.5) is 15.8 Å². The first-order chi connectivity index (χ1) is 14.4. The quantitative estimate of drug-likeness (QED) is 0.821. The van der Waals surface area contributed by atoms with Gasteiger partial charge < -0.3 is 19.3 Å². The number of benzene rings is 1. The van der Waals surface area contributed by atoms with Gasteiger partial charge in [-0.25, -0.2) is 4.39 Å². The van der Waals surface area contributed by atoms with Crippen LogP contribution >= 0.6 is 0 Å². The van der Waals surface area contributed by atoms with E-state index in [4.69, 9.17) is 9.26 Å². The lowest BCUT2D eigenvalue weighted by Crippen LogP contribution is -2.60. The fraction of sp³-hybridized carbons (Fsp3) is 0.500. The number of hydrogen-bond acceptors (Lipinski definition) is 8. The van der Waals surface area contributed by atoms with E-state index in [1.165, 1.54) is 12.1 Å². The minimum Gasteiger partial charge on any atom is -0.382 e. The van der Waals surface area contributed by atoms with Gasteiger partial charge in [0, 0.05) is 6.61 Å². The molecule has 0 spiro atoms. The summed E-state index contributed by atoms with van der Waals surface area (Å²) in [5, 5.41) is 14.2. The first-order valence-electron chi connectivity index (χ1n) is 10.1. The summed E-state index contributed by atoms with van der Waals surface area (Å²) in [6.45, 7) is 2.38. The number of carbonyl (C=O) groups is 1. The Morgan fingerprint density at radius 2 is 2.10 bits per heavy atom. The van der Waals surface area contributed by atoms with E-state index < -0.39 is 29.2 Å². The number of fused-ring (bicyclic) bond motifs is 3. The summed E-state index contributed by atoms with van der Waals surface area (Å²) in [4.78, 5) is 25.8. The highest BCUT2D eigenvalue weighted by Crippen LogP contribution is 2.48. The predicted molar refractivity (Wildman–Crippen MR) is 102 cm³/mol. The summed E-state index contributed by atoms with van der Waals surface area (Å²) < 4.78 is 25.4. The number of ether oxygens (including phenoxy) is 1. The molecule has 1 amide bonds. The first kappa shape index (κ1) is 18.0. The number of aliphatic imine (C=N–C) groups is 1. The van der Waals surface area contributed by atoms with Crippen molar-refractivity contribution in [1.82, 2.24) is 10.1 Å². The Labute approximate surface area is 171 Å². The van der Waals surface area contributed by atoms with E-state index in [1.54, 1.807) is 22.2 Å². The zero-order valence-corrected chi connectivity index (χ0v) is 16.3. The molecule has 156 valence electrons. The number of amides is 1. The van der Waals surface area contributed by atoms with Crippen LogP contribution in [-0.4, -0.2) is 45.9 Å². The van der Waals surface area contributed by atoms with Crippen LogP contribution in [0.25, 0.3) is 0 Å². The molecule has 1 aromatic heterocycles. The molecular formula is C20H20FN5O4. The number of nitrogens with zero attached hydrogens (tertiary/aromatic N) is 5. The van der Waals surface area contributed by atoms with Gasteiger partial charge in [0.25, 0.3) is 11.8 Å². The number of halogens is 1. The van der Waals surface area contributed by atoms with Crippen LogP contribution in [0.5, 0.6) is 0 Å². The van der Waals surface area contributed by atoms with Crippen molar-refractivity contribution in [1.29, 1.82) is 0 Å². The Balaban J connectivity index is 1.44. The molecule has 0 bridgehead atoms. The van der Waals surface area contributed by atoms with Crippen molar-refractivity contribution in [2.75, 3.05) is 16.4 Å². The second kappa shape index (κ2) is 5.86. The number of hydrogen-bond donors (Lipinski definition) is 1. The van der Waals surface area contributed by atoms with Gasteiger partial charge in [-0.2, -0.15) is 4.98 Å². The Bertz CT molecular complexity index is 1070. The van der Waals surface area contributed by atoms with E-state index in [2.05, 4.69) is 15.1 Å². The fourth-order valence-electron chi connectivity index (χ4n) is 4.57. The molecule has 4 aliphatic rings. The molecule has 30 heavy (non-hydrogen) atoms. The third-order valence-corrected chi connectivity index (χ3v) is 6.39. The van der Waals surface area contributed by atoms with Gasteiger partial charge in [-0.05, 0) is 50.8 Å². The predicted octanol–water partition coefficient (Wildman–Crippen LogP) is 2.02. The van der Waals surface area contributed by atoms with E-state index in [-0.39, 0.29) is 17.6 Å². The highest BCUT2D eigenvalue weighted by molar-refractivity contribution is 6.12. The van der Waals surface area contributed by atoms with Gasteiger partial charge in [-0.1, -0.05) is 5.16 Å². The molecule has 3 atom stereocenters. The number of aliphatic hydroxyl groups is 1. The Morgan fingerprint density at radius 1 is 1.27 bits per heavy atom. The molecule has 10 heteroatoms. The van der Waals surface area contributed by atoms with Crippen molar-refractivity contribution in [3.8, 4) is 0 Å². The Kier molecular flexibility index (Phi) is 3.51. The molecule has 3 aliphatic heterocycles. The van der Waals surface area contributed by atoms with E-state index >= 15 is 0 Å². The second-order valence-electron chi connectivity index (χ2n) is 8.48. The lowest BCUT2D eigenvalue weighted by atomic mass is 9.97. The van der Waals surface area contributed by atoms with E-state index in [1.807, 2.05) is 6.92 Å². The number of anilines is 2. The monoisotopic (exact) mass is 413 g/mol. The maximum atomic E-state index is 14.1. The van der Waals surface area contributed by atoms with Gasteiger partial charge in [0.15, 0.2) is 6.04 Å². The molecule has 1 saturated heterocycles. The van der Waals surface area contributed by atoms with Crippen LogP contribution in [0.1, 0.15) is 50.4 Å². The molecule has 1 saturated carbocycles. The molecule has 3 unspecified atom stereocenters. The minimum absolute atomic E-state index is 0.172. The van der Waals surface area contributed by atoms with Crippen LogP contribution in [0.3, 0.4) is 0 Å². The summed E-state index contributed by atoms with van der Waals surface area (Å²) in [6, 6.07) is 2.86. The van der Waals surface area contributed by atoms with Gasteiger partial charge in [0.1, 0.15) is 23.2 Å². The van der Waals surface area contributed by atoms with Gasteiger partial charge in [-0.15, -0.1) is 0 Å². The van der Waals surface area contributed by atoms with Crippen LogP contribution < -0.4 is 9.80 Å². The van der Waals surface area contributed by atoms with Gasteiger partial charge >= 0.3 is 0 Å². The minimum atomic E-state index is -1.04. The highest BCUT2D eigenvalue weighted by Gasteiger charge is 2.54. The molecule has 9 nitrogen and oxygen atoms in total. The lowest BCUT2D eigenvalue weighted by Gasteiger charge is -2.45. The molecule has 4 heterocycles. The van der Waals surface area contributed by atoms with Crippen molar-refractivity contribution in [2.24, 2.45) is 4.99 Å². The number of aromatic nitrogens is 2. The average molecular weight is 413 g/mol. The third kappa shape index (κ3) is 2.40. The fourth-order valence-corrected chi connectivity index (χ4v) is 4.57. The van der Waals surface area contributed by atoms with Gasteiger partial charge in [-0.3, -0.25) is 14.7 Å². The zero-order valence-electron chi connectivity index (χ0n) is 16.3. The maximum Gasteiger partial charge on any atom is 0.255 e. The number of carbonyl (C=O) groups excluding carboxylic acids is 1. The lowest BCUT2D eigenvalue weighted by molar-refractivity contribution is -0.125. The molecule has 2 aromatic rings. The zero-order chi connectivity index (χ0) is 20.7. The van der Waals surface area contributed by atoms with Crippen LogP contribution in [0.15, 0.2) is 27.7 Å². The summed E-state index contributed by atoms with van der Waals surface area (Å²) in [5.41, 5.74) is -0.806. The molecule has 1 aromatic carbocycles. The molecule has 1 aliphatic carbocycles. The summed E-state index contributed by atoms with van der Waals surface area (Å²) >= 11 is 0. The maximum absolute atomic E-state index is 14.1. The van der Waals surface area contributed by atoms with Crippen molar-refractivity contribution < 1.29 is 23.6 Å². The van der Waals surface area contributed by atoms with Crippen LogP contribution in [-0.2, 0) is 15.1 Å². The second-order valence-corrected chi connectivity index (χ2v) is 8.48. The van der Waals surface area contributed by atoms with Crippen molar-refractivity contribution in [3.05, 3.63) is 35.7 Å². The van der Waals surface area contributed by atoms with Gasteiger partial charge in [0.05, 0.1) is 17.7 Å². The first-order valence-corrected chi connectivity index (χ1v) is 10.1. The molecule has 0 radical (unpaired) electrons. The van der Waals surface area contributed by atoms with E-state index in [0.717, 1.165) is 6.42 Å². The Morgan fingerprint density at radius 3 is 2.83 bits per heavy atom. The van der Waals surface area contributed by atoms with Crippen LogP contribution in [0, 0.1) is 5.82 Å². The summed E-state index contributed by atoms with van der Waals surface area (Å²) in [6.07, 6.45) is 4.16. The molecular weight excluding hydrogens is 393 g/mol. The summed E-state index contributed by atoms with van der Waals surface area (Å²) in [7, 11) is 0. The SMILES string of the molecule is CC1(N2C(=O)C3C(c4nc(C5(O)CC5)no4)N=CN3c3ccc(F)cc32)CCCO1. The smallest absolute Gasteiger partial charge is 0.255 e. The highest BCUT2D eigenvalue weighted by atomic mass is 19.1. The number of rotatable bonds is 3. The normalized spacial score (nSPS) is 31.2. The third-order valence-electron chi connectivity index (χ3n) is 6.39. The Hall–Kier alpha value is -2.85.